The van der Waals surface area contributed by atoms with Gasteiger partial charge < -0.3 is 14.8 Å². The molecule has 0 atom stereocenters. The summed E-state index contributed by atoms with van der Waals surface area (Å²) in [6.07, 6.45) is 3.51. The minimum Gasteiger partial charge on any atom is -0.346 e. The molecule has 1 aromatic heterocycles. The Hall–Kier alpha value is -2.70. The third-order valence-corrected chi connectivity index (χ3v) is 4.25. The Morgan fingerprint density at radius 3 is 2.60 bits per heavy atom. The van der Waals surface area contributed by atoms with Gasteiger partial charge in [-0.1, -0.05) is 13.8 Å². The molecule has 0 saturated carbocycles. The van der Waals surface area contributed by atoms with Crippen LogP contribution in [-0.2, 0) is 11.3 Å². The van der Waals surface area contributed by atoms with Crippen LogP contribution in [0.4, 0.5) is 4.39 Å². The largest absolute Gasteiger partial charge is 0.346 e. The summed E-state index contributed by atoms with van der Waals surface area (Å²) in [4.78, 5) is 30.4. The first-order chi connectivity index (χ1) is 11.9. The summed E-state index contributed by atoms with van der Waals surface area (Å²) in [7, 11) is 0. The van der Waals surface area contributed by atoms with Gasteiger partial charge in [0.25, 0.3) is 5.91 Å². The Morgan fingerprint density at radius 1 is 1.28 bits per heavy atom. The number of carbonyl (C=O) groups is 2. The number of likely N-dealkylation sites (tertiary alicyclic amines) is 1. The van der Waals surface area contributed by atoms with Crippen LogP contribution in [0.15, 0.2) is 36.7 Å². The fraction of sp³-hybridized carbons (Fsp3) is 0.389. The summed E-state index contributed by atoms with van der Waals surface area (Å²) in [6, 6.07) is 5.32. The zero-order valence-electron chi connectivity index (χ0n) is 14.3. The molecule has 7 heteroatoms. The Morgan fingerprint density at radius 2 is 1.96 bits per heavy atom. The van der Waals surface area contributed by atoms with Crippen LogP contribution in [0.25, 0.3) is 0 Å². The lowest BCUT2D eigenvalue weighted by atomic mass is 10.1. The molecular formula is C18H21FN4O2. The molecule has 0 aliphatic carbocycles. The van der Waals surface area contributed by atoms with Gasteiger partial charge in [-0.15, -0.1) is 0 Å². The molecule has 1 N–H and O–H groups in total. The molecule has 3 rings (SSSR count). The zero-order valence-corrected chi connectivity index (χ0v) is 14.3. The maximum Gasteiger partial charge on any atom is 0.251 e. The highest BCUT2D eigenvalue weighted by molar-refractivity contribution is 5.94. The lowest BCUT2D eigenvalue weighted by molar-refractivity contribution is -0.136. The molecule has 0 radical (unpaired) electrons. The molecule has 1 aliphatic rings. The summed E-state index contributed by atoms with van der Waals surface area (Å²) in [5.41, 5.74) is 0.408. The fourth-order valence-electron chi connectivity index (χ4n) is 2.84. The minimum atomic E-state index is -0.378. The van der Waals surface area contributed by atoms with Gasteiger partial charge in [0.1, 0.15) is 18.2 Å². The molecule has 25 heavy (non-hydrogen) atoms. The number of rotatable bonds is 5. The van der Waals surface area contributed by atoms with E-state index < -0.39 is 0 Å². The second-order valence-electron chi connectivity index (χ2n) is 6.54. The highest BCUT2D eigenvalue weighted by Crippen LogP contribution is 2.14. The van der Waals surface area contributed by atoms with Gasteiger partial charge >= 0.3 is 0 Å². The minimum absolute atomic E-state index is 0.00665. The van der Waals surface area contributed by atoms with Gasteiger partial charge in [-0.3, -0.25) is 9.59 Å². The molecule has 2 amide bonds. The smallest absolute Gasteiger partial charge is 0.251 e. The fourth-order valence-corrected chi connectivity index (χ4v) is 2.84. The number of halogens is 1. The zero-order chi connectivity index (χ0) is 18.0. The second kappa shape index (κ2) is 7.04. The first-order valence-corrected chi connectivity index (χ1v) is 8.29. The van der Waals surface area contributed by atoms with Crippen molar-refractivity contribution >= 4 is 11.8 Å². The third-order valence-electron chi connectivity index (χ3n) is 4.25. The van der Waals surface area contributed by atoms with Crippen LogP contribution in [0.5, 0.6) is 0 Å². The van der Waals surface area contributed by atoms with Gasteiger partial charge in [-0.05, 0) is 24.3 Å². The number of hydrogen-bond acceptors (Lipinski definition) is 3. The molecular weight excluding hydrogens is 323 g/mol. The lowest BCUT2D eigenvalue weighted by Crippen LogP contribution is -2.61. The van der Waals surface area contributed by atoms with Crippen LogP contribution in [-0.4, -0.2) is 45.4 Å². The summed E-state index contributed by atoms with van der Waals surface area (Å²) in [6.45, 7) is 5.29. The number of aromatic nitrogens is 2. The van der Waals surface area contributed by atoms with Crippen molar-refractivity contribution in [2.24, 2.45) is 0 Å². The van der Waals surface area contributed by atoms with Crippen molar-refractivity contribution in [2.75, 3.05) is 13.1 Å². The van der Waals surface area contributed by atoms with Gasteiger partial charge in [0, 0.05) is 37.0 Å². The Balaban J connectivity index is 1.48. The topological polar surface area (TPSA) is 67.2 Å². The number of carbonyl (C=O) groups excluding carboxylic acids is 2. The van der Waals surface area contributed by atoms with Crippen molar-refractivity contribution in [2.45, 2.75) is 32.4 Å². The molecule has 0 unspecified atom stereocenters. The molecule has 1 aliphatic heterocycles. The maximum absolute atomic E-state index is 12.9. The average molecular weight is 344 g/mol. The molecule has 6 nitrogen and oxygen atoms in total. The molecule has 2 aromatic rings. The Labute approximate surface area is 145 Å². The first-order valence-electron chi connectivity index (χ1n) is 8.29. The third kappa shape index (κ3) is 3.87. The van der Waals surface area contributed by atoms with E-state index in [0.29, 0.717) is 18.7 Å². The van der Waals surface area contributed by atoms with Crippen LogP contribution in [0.1, 0.15) is 35.9 Å². The normalized spacial score (nSPS) is 14.5. The predicted molar refractivity (Wildman–Crippen MR) is 90.6 cm³/mol. The number of amides is 2. The molecule has 2 heterocycles. The molecule has 132 valence electrons. The average Bonchev–Trinajstić information content (AvgIpc) is 2.99. The van der Waals surface area contributed by atoms with Crippen molar-refractivity contribution in [3.8, 4) is 0 Å². The number of benzene rings is 1. The summed E-state index contributed by atoms with van der Waals surface area (Å²) >= 11 is 0. The Bertz CT molecular complexity index is 764. The van der Waals surface area contributed by atoms with Gasteiger partial charge in [-0.2, -0.15) is 0 Å². The van der Waals surface area contributed by atoms with Crippen LogP contribution in [0.2, 0.25) is 0 Å². The van der Waals surface area contributed by atoms with E-state index in [1.807, 2.05) is 18.4 Å². The molecule has 1 fully saturated rings. The summed E-state index contributed by atoms with van der Waals surface area (Å²) in [5, 5.41) is 2.85. The van der Waals surface area contributed by atoms with Crippen LogP contribution in [0, 0.1) is 5.82 Å². The van der Waals surface area contributed by atoms with E-state index in [1.165, 1.54) is 24.3 Å². The summed E-state index contributed by atoms with van der Waals surface area (Å²) < 4.78 is 14.7. The lowest BCUT2D eigenvalue weighted by Gasteiger charge is -2.39. The summed E-state index contributed by atoms with van der Waals surface area (Å²) in [5.74, 6) is 0.509. The molecule has 1 aromatic carbocycles. The van der Waals surface area contributed by atoms with Gasteiger partial charge in [-0.25, -0.2) is 9.37 Å². The molecule has 0 spiro atoms. The van der Waals surface area contributed by atoms with Gasteiger partial charge in [0.15, 0.2) is 0 Å². The van der Waals surface area contributed by atoms with Gasteiger partial charge in [0.05, 0.1) is 6.04 Å². The van der Waals surface area contributed by atoms with E-state index >= 15 is 0 Å². The number of imidazole rings is 1. The molecule has 1 saturated heterocycles. The van der Waals surface area contributed by atoms with Crippen molar-refractivity contribution in [1.82, 2.24) is 19.8 Å². The molecule has 0 bridgehead atoms. The number of nitrogens with one attached hydrogen (secondary N) is 1. The number of nitrogens with zero attached hydrogens (tertiary/aromatic N) is 3. The monoisotopic (exact) mass is 344 g/mol. The van der Waals surface area contributed by atoms with E-state index in [-0.39, 0.29) is 36.1 Å². The van der Waals surface area contributed by atoms with Crippen molar-refractivity contribution in [1.29, 1.82) is 0 Å². The van der Waals surface area contributed by atoms with Crippen molar-refractivity contribution in [3.05, 3.63) is 53.9 Å². The maximum atomic E-state index is 12.9. The standard InChI is InChI=1S/C18H21FN4O2/c1-12(2)17-20-7-8-22(17)11-16(24)23-9-15(10-23)21-18(25)13-3-5-14(19)6-4-13/h3-8,12,15H,9-11H2,1-2H3,(H,21,25). The van der Waals surface area contributed by atoms with E-state index in [4.69, 9.17) is 0 Å². The van der Waals surface area contributed by atoms with Gasteiger partial charge in [0.2, 0.25) is 5.91 Å². The van der Waals surface area contributed by atoms with E-state index in [0.717, 1.165) is 5.82 Å². The second-order valence-corrected chi connectivity index (χ2v) is 6.54. The SMILES string of the molecule is CC(C)c1nccn1CC(=O)N1CC(NC(=O)c2ccc(F)cc2)C1. The van der Waals surface area contributed by atoms with Crippen LogP contribution < -0.4 is 5.32 Å². The van der Waals surface area contributed by atoms with Crippen molar-refractivity contribution < 1.29 is 14.0 Å². The van der Waals surface area contributed by atoms with E-state index in [1.54, 1.807) is 17.3 Å². The quantitative estimate of drug-likeness (QED) is 0.899. The highest BCUT2D eigenvalue weighted by atomic mass is 19.1. The predicted octanol–water partition coefficient (Wildman–Crippen LogP) is 1.79. The van der Waals surface area contributed by atoms with Crippen LogP contribution >= 0.6 is 0 Å². The van der Waals surface area contributed by atoms with Crippen LogP contribution in [0.3, 0.4) is 0 Å². The van der Waals surface area contributed by atoms with E-state index in [2.05, 4.69) is 10.3 Å². The Kier molecular flexibility index (Phi) is 4.83. The van der Waals surface area contributed by atoms with Crippen molar-refractivity contribution in [3.63, 3.8) is 0 Å². The first kappa shape index (κ1) is 17.1. The van der Waals surface area contributed by atoms with E-state index in [9.17, 15) is 14.0 Å². The highest BCUT2D eigenvalue weighted by Gasteiger charge is 2.32. The number of hydrogen-bond donors (Lipinski definition) is 1.